The minimum Gasteiger partial charge on any atom is -0.342 e. The predicted molar refractivity (Wildman–Crippen MR) is 61.1 cm³/mol. The maximum atomic E-state index is 12.6. The Morgan fingerprint density at radius 3 is 2.50 bits per heavy atom. The van der Waals surface area contributed by atoms with Crippen molar-refractivity contribution < 1.29 is 18.4 Å². The number of rotatable bonds is 4. The molecule has 0 spiro atoms. The van der Waals surface area contributed by atoms with Crippen LogP contribution < -0.4 is 5.32 Å². The zero-order chi connectivity index (χ0) is 13.5. The SMILES string of the molecule is CCC1(C)C(=O)NC(C2CC2)C(=O)N1CC(F)F. The largest absolute Gasteiger partial charge is 0.342 e. The third-order valence-corrected chi connectivity index (χ3v) is 4.01. The molecule has 2 rings (SSSR count). The number of nitrogens with one attached hydrogen (secondary N) is 1. The van der Waals surface area contributed by atoms with Crippen LogP contribution in [0.2, 0.25) is 0 Å². The molecular weight excluding hydrogens is 242 g/mol. The summed E-state index contributed by atoms with van der Waals surface area (Å²) in [5.74, 6) is -0.549. The van der Waals surface area contributed by atoms with Crippen LogP contribution in [0.1, 0.15) is 33.1 Å². The summed E-state index contributed by atoms with van der Waals surface area (Å²) in [6.45, 7) is 2.61. The normalized spacial score (nSPS) is 32.9. The van der Waals surface area contributed by atoms with Crippen molar-refractivity contribution in [3.05, 3.63) is 0 Å². The number of nitrogens with zero attached hydrogens (tertiary/aromatic N) is 1. The zero-order valence-corrected chi connectivity index (χ0v) is 10.6. The summed E-state index contributed by atoms with van der Waals surface area (Å²) in [4.78, 5) is 25.4. The van der Waals surface area contributed by atoms with Crippen molar-refractivity contribution in [1.29, 1.82) is 0 Å². The third-order valence-electron chi connectivity index (χ3n) is 4.01. The lowest BCUT2D eigenvalue weighted by atomic mass is 9.89. The van der Waals surface area contributed by atoms with Crippen LogP contribution in [0, 0.1) is 5.92 Å². The van der Waals surface area contributed by atoms with Crippen LogP contribution >= 0.6 is 0 Å². The van der Waals surface area contributed by atoms with Crippen LogP contribution in [0.3, 0.4) is 0 Å². The van der Waals surface area contributed by atoms with Crippen molar-refractivity contribution in [2.75, 3.05) is 6.54 Å². The van der Waals surface area contributed by atoms with Crippen molar-refractivity contribution in [3.8, 4) is 0 Å². The van der Waals surface area contributed by atoms with Crippen molar-refractivity contribution in [2.45, 2.75) is 51.1 Å². The van der Waals surface area contributed by atoms with Crippen LogP contribution in [0.15, 0.2) is 0 Å². The molecule has 102 valence electrons. The fourth-order valence-electron chi connectivity index (χ4n) is 2.42. The number of hydrogen-bond donors (Lipinski definition) is 1. The van der Waals surface area contributed by atoms with E-state index in [1.165, 1.54) is 0 Å². The molecule has 1 heterocycles. The van der Waals surface area contributed by atoms with Gasteiger partial charge >= 0.3 is 0 Å². The maximum absolute atomic E-state index is 12.6. The second-order valence-electron chi connectivity index (χ2n) is 5.26. The summed E-state index contributed by atoms with van der Waals surface area (Å²) in [5.41, 5.74) is -1.15. The summed E-state index contributed by atoms with van der Waals surface area (Å²) in [5, 5.41) is 2.70. The monoisotopic (exact) mass is 260 g/mol. The molecule has 1 aliphatic heterocycles. The molecule has 2 unspecified atom stereocenters. The molecular formula is C12H18F2N2O2. The summed E-state index contributed by atoms with van der Waals surface area (Å²) < 4.78 is 25.2. The Morgan fingerprint density at radius 1 is 1.44 bits per heavy atom. The van der Waals surface area contributed by atoms with E-state index in [0.29, 0.717) is 6.42 Å². The lowest BCUT2D eigenvalue weighted by molar-refractivity contribution is -0.159. The van der Waals surface area contributed by atoms with Crippen LogP contribution in [0.5, 0.6) is 0 Å². The first-order chi connectivity index (χ1) is 8.40. The fourth-order valence-corrected chi connectivity index (χ4v) is 2.42. The second kappa shape index (κ2) is 4.48. The molecule has 6 heteroatoms. The van der Waals surface area contributed by atoms with Crippen LogP contribution in [0.25, 0.3) is 0 Å². The molecule has 2 atom stereocenters. The number of piperazine rings is 1. The fraction of sp³-hybridized carbons (Fsp3) is 0.833. The smallest absolute Gasteiger partial charge is 0.255 e. The molecule has 4 nitrogen and oxygen atoms in total. The van der Waals surface area contributed by atoms with E-state index in [-0.39, 0.29) is 17.7 Å². The zero-order valence-electron chi connectivity index (χ0n) is 10.6. The standard InChI is InChI=1S/C12H18F2N2O2/c1-3-12(2)11(18)15-9(7-4-5-7)10(17)16(12)6-8(13)14/h7-9H,3-6H2,1-2H3,(H,15,18). The summed E-state index contributed by atoms with van der Waals surface area (Å²) in [6, 6.07) is -0.601. The number of amides is 2. The van der Waals surface area contributed by atoms with E-state index in [1.807, 2.05) is 0 Å². The second-order valence-corrected chi connectivity index (χ2v) is 5.26. The van der Waals surface area contributed by atoms with E-state index in [2.05, 4.69) is 5.32 Å². The van der Waals surface area contributed by atoms with Crippen molar-refractivity contribution in [3.63, 3.8) is 0 Å². The molecule has 1 saturated heterocycles. The number of hydrogen-bond acceptors (Lipinski definition) is 2. The first kappa shape index (κ1) is 13.2. The molecule has 2 fully saturated rings. The molecule has 0 radical (unpaired) electrons. The Hall–Kier alpha value is -1.20. The van der Waals surface area contributed by atoms with E-state index in [9.17, 15) is 18.4 Å². The lowest BCUT2D eigenvalue weighted by Gasteiger charge is -2.45. The highest BCUT2D eigenvalue weighted by atomic mass is 19.3. The lowest BCUT2D eigenvalue weighted by Crippen LogP contribution is -2.70. The van der Waals surface area contributed by atoms with Gasteiger partial charge in [-0.25, -0.2) is 8.78 Å². The average Bonchev–Trinajstić information content (AvgIpc) is 3.13. The molecule has 18 heavy (non-hydrogen) atoms. The van der Waals surface area contributed by atoms with Crippen molar-refractivity contribution in [1.82, 2.24) is 10.2 Å². The van der Waals surface area contributed by atoms with Crippen molar-refractivity contribution >= 4 is 11.8 Å². The Bertz CT molecular complexity index is 371. The minimum atomic E-state index is -2.62. The molecule has 2 aliphatic rings. The minimum absolute atomic E-state index is 0.128. The summed E-state index contributed by atoms with van der Waals surface area (Å²) >= 11 is 0. The van der Waals surface area contributed by atoms with Gasteiger partial charge in [0.05, 0.1) is 6.54 Å². The third kappa shape index (κ3) is 2.08. The quantitative estimate of drug-likeness (QED) is 0.824. The van der Waals surface area contributed by atoms with Gasteiger partial charge in [-0.15, -0.1) is 0 Å². The number of halogens is 2. The van der Waals surface area contributed by atoms with Gasteiger partial charge in [0.1, 0.15) is 11.6 Å². The first-order valence-corrected chi connectivity index (χ1v) is 6.30. The number of carbonyl (C=O) groups is 2. The van der Waals surface area contributed by atoms with Gasteiger partial charge < -0.3 is 10.2 Å². The number of alkyl halides is 2. The Kier molecular flexibility index (Phi) is 3.29. The van der Waals surface area contributed by atoms with E-state index < -0.39 is 24.6 Å². The van der Waals surface area contributed by atoms with Gasteiger partial charge in [0.15, 0.2) is 0 Å². The Balaban J connectivity index is 2.26. The highest BCUT2D eigenvalue weighted by Crippen LogP contribution is 2.37. The van der Waals surface area contributed by atoms with E-state index >= 15 is 0 Å². The van der Waals surface area contributed by atoms with E-state index in [4.69, 9.17) is 0 Å². The molecule has 0 aromatic rings. The Labute approximate surface area is 105 Å². The highest BCUT2D eigenvalue weighted by molar-refractivity contribution is 5.99. The van der Waals surface area contributed by atoms with Gasteiger partial charge in [0.2, 0.25) is 11.8 Å². The van der Waals surface area contributed by atoms with Crippen molar-refractivity contribution in [2.24, 2.45) is 5.92 Å². The van der Waals surface area contributed by atoms with Gasteiger partial charge in [0.25, 0.3) is 6.43 Å². The van der Waals surface area contributed by atoms with Gasteiger partial charge in [-0.3, -0.25) is 9.59 Å². The average molecular weight is 260 g/mol. The molecule has 1 N–H and O–H groups in total. The van der Waals surface area contributed by atoms with Gasteiger partial charge in [-0.2, -0.15) is 0 Å². The molecule has 1 aliphatic carbocycles. The maximum Gasteiger partial charge on any atom is 0.255 e. The van der Waals surface area contributed by atoms with E-state index in [1.54, 1.807) is 13.8 Å². The molecule has 0 aromatic carbocycles. The molecule has 2 amide bonds. The summed E-state index contributed by atoms with van der Waals surface area (Å²) in [7, 11) is 0. The van der Waals surface area contributed by atoms with Crippen LogP contribution in [-0.4, -0.2) is 41.3 Å². The van der Waals surface area contributed by atoms with E-state index in [0.717, 1.165) is 17.7 Å². The molecule has 0 bridgehead atoms. The molecule has 0 aromatic heterocycles. The van der Waals surface area contributed by atoms with Crippen LogP contribution in [-0.2, 0) is 9.59 Å². The Morgan fingerprint density at radius 2 is 2.06 bits per heavy atom. The summed E-state index contributed by atoms with van der Waals surface area (Å²) in [6.07, 6.45) is -0.538. The predicted octanol–water partition coefficient (Wildman–Crippen LogP) is 1.16. The topological polar surface area (TPSA) is 49.4 Å². The number of carbonyl (C=O) groups excluding carboxylic acids is 2. The first-order valence-electron chi connectivity index (χ1n) is 6.30. The van der Waals surface area contributed by atoms with Crippen LogP contribution in [0.4, 0.5) is 8.78 Å². The highest BCUT2D eigenvalue weighted by Gasteiger charge is 2.52. The van der Waals surface area contributed by atoms with Gasteiger partial charge in [-0.05, 0) is 32.1 Å². The van der Waals surface area contributed by atoms with Gasteiger partial charge in [0, 0.05) is 0 Å². The van der Waals surface area contributed by atoms with Gasteiger partial charge in [-0.1, -0.05) is 6.92 Å². The molecule has 1 saturated carbocycles.